The van der Waals surface area contributed by atoms with E-state index in [1.165, 1.54) is 30.4 Å². The number of amides is 2. The number of carbonyl (C=O) groups excluding carboxylic acids is 2. The molecule has 2 N–H and O–H groups in total. The van der Waals surface area contributed by atoms with E-state index in [0.29, 0.717) is 26.1 Å². The maximum atomic E-state index is 12.9. The van der Waals surface area contributed by atoms with Crippen LogP contribution in [0.2, 0.25) is 0 Å². The first-order chi connectivity index (χ1) is 13.9. The molecule has 29 heavy (non-hydrogen) atoms. The molecule has 4 fully saturated rings. The van der Waals surface area contributed by atoms with Crippen LogP contribution in [0.15, 0.2) is 18.2 Å². The van der Waals surface area contributed by atoms with Crippen molar-refractivity contribution in [2.75, 3.05) is 19.7 Å². The van der Waals surface area contributed by atoms with Gasteiger partial charge in [0.25, 0.3) is 0 Å². The zero-order valence-electron chi connectivity index (χ0n) is 17.8. The van der Waals surface area contributed by atoms with E-state index in [2.05, 4.69) is 16.7 Å². The number of benzene rings is 1. The molecule has 5 rings (SSSR count). The van der Waals surface area contributed by atoms with E-state index >= 15 is 0 Å². The number of hydrogen-bond acceptors (Lipinski definition) is 3. The fourth-order valence-electron chi connectivity index (χ4n) is 6.33. The topological polar surface area (TPSA) is 67.4 Å². The third-order valence-electron chi connectivity index (χ3n) is 7.05. The highest BCUT2D eigenvalue weighted by Gasteiger charge is 2.54. The molecule has 0 atom stereocenters. The predicted octanol–water partition coefficient (Wildman–Crippen LogP) is 3.52. The molecule has 1 aromatic rings. The van der Waals surface area contributed by atoms with Gasteiger partial charge in [-0.25, -0.2) is 0 Å². The van der Waals surface area contributed by atoms with Crippen molar-refractivity contribution in [2.45, 2.75) is 58.8 Å². The number of nitrogens with one attached hydrogen (secondary N) is 2. The molecule has 4 aliphatic carbocycles. The highest BCUT2D eigenvalue weighted by Crippen LogP contribution is 2.60. The molecule has 0 aliphatic heterocycles. The van der Waals surface area contributed by atoms with Crippen molar-refractivity contribution in [3.8, 4) is 5.75 Å². The van der Waals surface area contributed by atoms with Crippen molar-refractivity contribution < 1.29 is 14.3 Å². The van der Waals surface area contributed by atoms with Crippen LogP contribution in [0.25, 0.3) is 0 Å². The molecule has 2 amide bonds. The summed E-state index contributed by atoms with van der Waals surface area (Å²) in [5.41, 5.74) is 2.20. The summed E-state index contributed by atoms with van der Waals surface area (Å²) in [6.45, 7) is 5.41. The molecule has 0 unspecified atom stereocenters. The van der Waals surface area contributed by atoms with Crippen LogP contribution in [0.5, 0.6) is 5.75 Å². The van der Waals surface area contributed by atoms with Gasteiger partial charge in [-0.2, -0.15) is 0 Å². The Morgan fingerprint density at radius 1 is 0.931 bits per heavy atom. The van der Waals surface area contributed by atoms with E-state index in [1.54, 1.807) is 0 Å². The Morgan fingerprint density at radius 2 is 1.52 bits per heavy atom. The first-order valence-corrected chi connectivity index (χ1v) is 11.2. The zero-order valence-corrected chi connectivity index (χ0v) is 17.8. The van der Waals surface area contributed by atoms with Crippen LogP contribution >= 0.6 is 0 Å². The lowest BCUT2D eigenvalue weighted by Gasteiger charge is -2.55. The average molecular weight is 399 g/mol. The lowest BCUT2D eigenvalue weighted by atomic mass is 9.49. The molecule has 0 radical (unpaired) electrons. The van der Waals surface area contributed by atoms with Crippen molar-refractivity contribution in [3.63, 3.8) is 0 Å². The molecule has 0 spiro atoms. The maximum absolute atomic E-state index is 12.9. The fourth-order valence-corrected chi connectivity index (χ4v) is 6.33. The molecule has 0 aromatic heterocycles. The molecule has 4 saturated carbocycles. The van der Waals surface area contributed by atoms with E-state index in [-0.39, 0.29) is 17.2 Å². The van der Waals surface area contributed by atoms with E-state index in [4.69, 9.17) is 4.74 Å². The van der Waals surface area contributed by atoms with Gasteiger partial charge >= 0.3 is 0 Å². The zero-order chi connectivity index (χ0) is 20.4. The van der Waals surface area contributed by atoms with Gasteiger partial charge in [0.1, 0.15) is 12.4 Å². The summed E-state index contributed by atoms with van der Waals surface area (Å²) >= 11 is 0. The Balaban J connectivity index is 1.14. The minimum atomic E-state index is -0.134. The molecule has 5 heteroatoms. The van der Waals surface area contributed by atoms with E-state index in [1.807, 2.05) is 26.0 Å². The smallest absolute Gasteiger partial charge is 0.226 e. The van der Waals surface area contributed by atoms with Crippen molar-refractivity contribution in [2.24, 2.45) is 23.2 Å². The minimum absolute atomic E-state index is 0.0418. The number of aryl methyl sites for hydroxylation is 2. The van der Waals surface area contributed by atoms with Crippen molar-refractivity contribution in [1.29, 1.82) is 0 Å². The largest absolute Gasteiger partial charge is 0.492 e. The van der Waals surface area contributed by atoms with Crippen molar-refractivity contribution >= 4 is 11.8 Å². The van der Waals surface area contributed by atoms with Gasteiger partial charge < -0.3 is 15.4 Å². The second-order valence-electron chi connectivity index (χ2n) is 9.73. The third-order valence-corrected chi connectivity index (χ3v) is 7.05. The van der Waals surface area contributed by atoms with E-state index in [0.717, 1.165) is 42.8 Å². The Labute approximate surface area is 174 Å². The lowest BCUT2D eigenvalue weighted by molar-refractivity contribution is -0.146. The van der Waals surface area contributed by atoms with E-state index in [9.17, 15) is 9.59 Å². The van der Waals surface area contributed by atoms with Crippen molar-refractivity contribution in [1.82, 2.24) is 10.6 Å². The molecule has 4 bridgehead atoms. The van der Waals surface area contributed by atoms with Crippen LogP contribution in [0.1, 0.15) is 56.1 Å². The number of rotatable bonds is 8. The minimum Gasteiger partial charge on any atom is -0.492 e. The van der Waals surface area contributed by atoms with Gasteiger partial charge in [0.2, 0.25) is 11.8 Å². The summed E-state index contributed by atoms with van der Waals surface area (Å²) in [7, 11) is 0. The van der Waals surface area contributed by atoms with Gasteiger partial charge in [-0.1, -0.05) is 6.07 Å². The standard InChI is InChI=1S/C24H34N2O3/c1-16-7-17(2)9-21(8-16)29-6-5-25-22(27)3-4-26-23(28)24-13-18-10-19(14-24)12-20(11-18)15-24/h7-9,18-20H,3-6,10-15H2,1-2H3,(H,25,27)(H,26,28). The summed E-state index contributed by atoms with van der Waals surface area (Å²) in [6, 6.07) is 6.09. The first-order valence-electron chi connectivity index (χ1n) is 11.2. The van der Waals surface area contributed by atoms with Crippen LogP contribution in [-0.4, -0.2) is 31.5 Å². The monoisotopic (exact) mass is 398 g/mol. The van der Waals surface area contributed by atoms with Crippen LogP contribution in [0, 0.1) is 37.0 Å². The molecule has 4 aliphatic rings. The van der Waals surface area contributed by atoms with Gasteiger partial charge in [-0.3, -0.25) is 9.59 Å². The van der Waals surface area contributed by atoms with Crippen LogP contribution in [-0.2, 0) is 9.59 Å². The number of ether oxygens (including phenoxy) is 1. The molecule has 1 aromatic carbocycles. The molecular formula is C24H34N2O3. The number of hydrogen-bond donors (Lipinski definition) is 2. The fraction of sp³-hybridized carbons (Fsp3) is 0.667. The quantitative estimate of drug-likeness (QED) is 0.659. The summed E-state index contributed by atoms with van der Waals surface area (Å²) in [4.78, 5) is 25.0. The second-order valence-corrected chi connectivity index (χ2v) is 9.73. The van der Waals surface area contributed by atoms with Crippen LogP contribution in [0.4, 0.5) is 0 Å². The maximum Gasteiger partial charge on any atom is 0.226 e. The second kappa shape index (κ2) is 8.37. The number of carbonyl (C=O) groups is 2. The SMILES string of the molecule is Cc1cc(C)cc(OCCNC(=O)CCNC(=O)C23CC4CC(CC(C4)C2)C3)c1. The molecule has 158 valence electrons. The predicted molar refractivity (Wildman–Crippen MR) is 113 cm³/mol. The normalized spacial score (nSPS) is 29.5. The molecule has 0 saturated heterocycles. The van der Waals surface area contributed by atoms with Gasteiger partial charge in [0.05, 0.1) is 6.54 Å². The third kappa shape index (κ3) is 4.76. The first kappa shape index (κ1) is 20.2. The molecular weight excluding hydrogens is 364 g/mol. The highest BCUT2D eigenvalue weighted by atomic mass is 16.5. The summed E-state index contributed by atoms with van der Waals surface area (Å²) < 4.78 is 5.71. The summed E-state index contributed by atoms with van der Waals surface area (Å²) in [5.74, 6) is 3.26. The van der Waals surface area contributed by atoms with Crippen LogP contribution < -0.4 is 15.4 Å². The van der Waals surface area contributed by atoms with Gasteiger partial charge in [0.15, 0.2) is 0 Å². The average Bonchev–Trinajstić information content (AvgIpc) is 2.63. The molecule has 0 heterocycles. The lowest BCUT2D eigenvalue weighted by Crippen LogP contribution is -2.53. The van der Waals surface area contributed by atoms with Gasteiger partial charge in [-0.15, -0.1) is 0 Å². The Bertz CT molecular complexity index is 718. The van der Waals surface area contributed by atoms with Gasteiger partial charge in [-0.05, 0) is 93.4 Å². The molecule has 5 nitrogen and oxygen atoms in total. The Morgan fingerprint density at radius 3 is 2.10 bits per heavy atom. The van der Waals surface area contributed by atoms with Crippen LogP contribution in [0.3, 0.4) is 0 Å². The highest BCUT2D eigenvalue weighted by molar-refractivity contribution is 5.84. The van der Waals surface area contributed by atoms with Crippen molar-refractivity contribution in [3.05, 3.63) is 29.3 Å². The Kier molecular flexibility index (Phi) is 5.84. The summed E-state index contributed by atoms with van der Waals surface area (Å²) in [5, 5.41) is 5.94. The summed E-state index contributed by atoms with van der Waals surface area (Å²) in [6.07, 6.45) is 7.51. The van der Waals surface area contributed by atoms with E-state index < -0.39 is 0 Å². The van der Waals surface area contributed by atoms with Gasteiger partial charge in [0, 0.05) is 18.4 Å². The Hall–Kier alpha value is -2.04.